The van der Waals surface area contributed by atoms with E-state index in [9.17, 15) is 17.6 Å². The summed E-state index contributed by atoms with van der Waals surface area (Å²) in [5, 5.41) is 3.15. The third-order valence-electron chi connectivity index (χ3n) is 5.85. The summed E-state index contributed by atoms with van der Waals surface area (Å²) in [5.74, 6) is -0.503. The van der Waals surface area contributed by atoms with E-state index in [2.05, 4.69) is 17.4 Å². The molecule has 30 heavy (non-hydrogen) atoms. The molecule has 2 aromatic rings. The quantitative estimate of drug-likeness (QED) is 0.789. The van der Waals surface area contributed by atoms with Crippen LogP contribution in [0.25, 0.3) is 0 Å². The molecule has 160 valence electrons. The minimum Gasteiger partial charge on any atom is -0.348 e. The summed E-state index contributed by atoms with van der Waals surface area (Å²) < 4.78 is 39.9. The van der Waals surface area contributed by atoms with Crippen molar-refractivity contribution < 1.29 is 17.6 Å². The lowest BCUT2D eigenvalue weighted by molar-refractivity contribution is -0.123. The lowest BCUT2D eigenvalue weighted by Crippen LogP contribution is -2.51. The molecular weight excluding hydrogens is 405 g/mol. The van der Waals surface area contributed by atoms with Crippen molar-refractivity contribution in [2.24, 2.45) is 0 Å². The van der Waals surface area contributed by atoms with Crippen LogP contribution in [-0.4, -0.2) is 56.3 Å². The highest BCUT2D eigenvalue weighted by Crippen LogP contribution is 2.29. The number of halogens is 1. The van der Waals surface area contributed by atoms with Crippen molar-refractivity contribution in [2.75, 3.05) is 32.7 Å². The van der Waals surface area contributed by atoms with Gasteiger partial charge in [0.2, 0.25) is 15.9 Å². The fourth-order valence-corrected chi connectivity index (χ4v) is 5.65. The highest BCUT2D eigenvalue weighted by Gasteiger charge is 2.29. The SMILES string of the molecule is O=C(CN1CCN(S(=O)(=O)c2ccc(F)cc2)CC1)NC1CCCc2ccccc21. The van der Waals surface area contributed by atoms with Gasteiger partial charge < -0.3 is 5.32 Å². The van der Waals surface area contributed by atoms with Gasteiger partial charge >= 0.3 is 0 Å². The highest BCUT2D eigenvalue weighted by atomic mass is 32.2. The van der Waals surface area contributed by atoms with Crippen LogP contribution in [0.15, 0.2) is 53.4 Å². The maximum absolute atomic E-state index is 13.1. The van der Waals surface area contributed by atoms with E-state index in [1.54, 1.807) is 0 Å². The molecule has 4 rings (SSSR count). The van der Waals surface area contributed by atoms with Crippen LogP contribution < -0.4 is 5.32 Å². The fraction of sp³-hybridized carbons (Fsp3) is 0.409. The van der Waals surface area contributed by atoms with Gasteiger partial charge in [0.1, 0.15) is 5.82 Å². The number of nitrogens with one attached hydrogen (secondary N) is 1. The monoisotopic (exact) mass is 431 g/mol. The van der Waals surface area contributed by atoms with Crippen LogP contribution in [0, 0.1) is 5.82 Å². The summed E-state index contributed by atoms with van der Waals surface area (Å²) in [6.45, 7) is 1.83. The molecule has 1 heterocycles. The van der Waals surface area contributed by atoms with Crippen molar-refractivity contribution in [1.82, 2.24) is 14.5 Å². The van der Waals surface area contributed by atoms with Crippen LogP contribution in [-0.2, 0) is 21.2 Å². The minimum absolute atomic E-state index is 0.0356. The Morgan fingerprint density at radius 3 is 2.47 bits per heavy atom. The van der Waals surface area contributed by atoms with E-state index in [0.717, 1.165) is 31.4 Å². The van der Waals surface area contributed by atoms with Crippen LogP contribution in [0.1, 0.15) is 30.0 Å². The summed E-state index contributed by atoms with van der Waals surface area (Å²) in [6.07, 6.45) is 3.04. The second-order valence-corrected chi connectivity index (χ2v) is 9.78. The van der Waals surface area contributed by atoms with Crippen LogP contribution >= 0.6 is 0 Å². The molecule has 1 saturated heterocycles. The molecule has 1 fully saturated rings. The normalized spacial score (nSPS) is 20.5. The van der Waals surface area contributed by atoms with Crippen molar-refractivity contribution in [3.8, 4) is 0 Å². The zero-order valence-corrected chi connectivity index (χ0v) is 17.6. The Bertz CT molecular complexity index is 1000. The predicted octanol–water partition coefficient (Wildman–Crippen LogP) is 2.33. The molecule has 1 aliphatic carbocycles. The molecule has 0 aromatic heterocycles. The number of benzene rings is 2. The number of aryl methyl sites for hydroxylation is 1. The Balaban J connectivity index is 1.31. The summed E-state index contributed by atoms with van der Waals surface area (Å²) in [7, 11) is -3.65. The molecule has 6 nitrogen and oxygen atoms in total. The number of hydrogen-bond donors (Lipinski definition) is 1. The van der Waals surface area contributed by atoms with Gasteiger partial charge in [0.05, 0.1) is 17.5 Å². The molecule has 0 spiro atoms. The van der Waals surface area contributed by atoms with E-state index in [1.165, 1.54) is 27.6 Å². The lowest BCUT2D eigenvalue weighted by Gasteiger charge is -2.34. The Labute approximate surface area is 176 Å². The van der Waals surface area contributed by atoms with Gasteiger partial charge in [0, 0.05) is 26.2 Å². The van der Waals surface area contributed by atoms with E-state index in [4.69, 9.17) is 0 Å². The van der Waals surface area contributed by atoms with E-state index >= 15 is 0 Å². The lowest BCUT2D eigenvalue weighted by atomic mass is 9.88. The van der Waals surface area contributed by atoms with Gasteiger partial charge in [-0.05, 0) is 54.7 Å². The third-order valence-corrected chi connectivity index (χ3v) is 7.77. The first-order chi connectivity index (χ1) is 14.4. The van der Waals surface area contributed by atoms with E-state index in [1.807, 2.05) is 17.0 Å². The fourth-order valence-electron chi connectivity index (χ4n) is 4.23. The first-order valence-electron chi connectivity index (χ1n) is 10.3. The van der Waals surface area contributed by atoms with Gasteiger partial charge in [-0.1, -0.05) is 24.3 Å². The summed E-state index contributed by atoms with van der Waals surface area (Å²) >= 11 is 0. The van der Waals surface area contributed by atoms with E-state index in [-0.39, 0.29) is 23.4 Å². The summed E-state index contributed by atoms with van der Waals surface area (Å²) in [6, 6.07) is 13.1. The number of piperazine rings is 1. The molecular formula is C22H26FN3O3S. The minimum atomic E-state index is -3.65. The standard InChI is InChI=1S/C22H26FN3O3S/c23-18-8-10-19(11-9-18)30(28,29)26-14-12-25(13-15-26)16-22(27)24-21-7-3-5-17-4-1-2-6-20(17)21/h1-2,4,6,8-11,21H,3,5,7,12-16H2,(H,24,27). The van der Waals surface area contributed by atoms with Crippen LogP contribution in [0.3, 0.4) is 0 Å². The van der Waals surface area contributed by atoms with E-state index < -0.39 is 15.8 Å². The van der Waals surface area contributed by atoms with Crippen molar-refractivity contribution in [3.05, 3.63) is 65.5 Å². The topological polar surface area (TPSA) is 69.7 Å². The number of fused-ring (bicyclic) bond motifs is 1. The molecule has 8 heteroatoms. The molecule has 1 atom stereocenters. The Morgan fingerprint density at radius 2 is 1.73 bits per heavy atom. The van der Waals surface area contributed by atoms with Crippen molar-refractivity contribution in [1.29, 1.82) is 0 Å². The molecule has 1 N–H and O–H groups in total. The number of carbonyl (C=O) groups is 1. The van der Waals surface area contributed by atoms with Gasteiger partial charge in [-0.25, -0.2) is 12.8 Å². The molecule has 1 aliphatic heterocycles. The van der Waals surface area contributed by atoms with Crippen molar-refractivity contribution >= 4 is 15.9 Å². The first-order valence-corrected chi connectivity index (χ1v) is 11.7. The average Bonchev–Trinajstić information content (AvgIpc) is 2.75. The predicted molar refractivity (Wildman–Crippen MR) is 112 cm³/mol. The van der Waals surface area contributed by atoms with Gasteiger partial charge in [-0.2, -0.15) is 4.31 Å². The van der Waals surface area contributed by atoms with Gasteiger partial charge in [0.25, 0.3) is 0 Å². The van der Waals surface area contributed by atoms with E-state index in [0.29, 0.717) is 26.2 Å². The number of nitrogens with zero attached hydrogens (tertiary/aromatic N) is 2. The number of carbonyl (C=O) groups excluding carboxylic acids is 1. The number of hydrogen-bond acceptors (Lipinski definition) is 4. The molecule has 0 saturated carbocycles. The van der Waals surface area contributed by atoms with Crippen molar-refractivity contribution in [3.63, 3.8) is 0 Å². The Hall–Kier alpha value is -2.29. The van der Waals surface area contributed by atoms with Crippen LogP contribution in [0.5, 0.6) is 0 Å². The van der Waals surface area contributed by atoms with Crippen molar-refractivity contribution in [2.45, 2.75) is 30.2 Å². The maximum atomic E-state index is 13.1. The van der Waals surface area contributed by atoms with Crippen LogP contribution in [0.2, 0.25) is 0 Å². The summed E-state index contributed by atoms with van der Waals surface area (Å²) in [4.78, 5) is 14.7. The molecule has 1 unspecified atom stereocenters. The number of amides is 1. The zero-order valence-electron chi connectivity index (χ0n) is 16.8. The largest absolute Gasteiger partial charge is 0.348 e. The average molecular weight is 432 g/mol. The smallest absolute Gasteiger partial charge is 0.243 e. The van der Waals surface area contributed by atoms with Crippen LogP contribution in [0.4, 0.5) is 4.39 Å². The number of rotatable bonds is 5. The zero-order chi connectivity index (χ0) is 21.1. The Morgan fingerprint density at radius 1 is 1.03 bits per heavy atom. The highest BCUT2D eigenvalue weighted by molar-refractivity contribution is 7.89. The molecule has 1 amide bonds. The van der Waals surface area contributed by atoms with Gasteiger partial charge in [-0.3, -0.25) is 9.69 Å². The first kappa shape index (κ1) is 21.0. The second-order valence-electron chi connectivity index (χ2n) is 7.85. The van der Waals surface area contributed by atoms with Gasteiger partial charge in [-0.15, -0.1) is 0 Å². The second kappa shape index (κ2) is 8.83. The third kappa shape index (κ3) is 4.55. The molecule has 2 aliphatic rings. The number of sulfonamides is 1. The summed E-state index contributed by atoms with van der Waals surface area (Å²) in [5.41, 5.74) is 2.50. The Kier molecular flexibility index (Phi) is 6.17. The molecule has 0 radical (unpaired) electrons. The van der Waals surface area contributed by atoms with Gasteiger partial charge in [0.15, 0.2) is 0 Å². The maximum Gasteiger partial charge on any atom is 0.243 e. The molecule has 0 bridgehead atoms. The molecule has 2 aromatic carbocycles.